The number of hydrogen-bond donors (Lipinski definition) is 1. The quantitative estimate of drug-likeness (QED) is 0.541. The van der Waals surface area contributed by atoms with Crippen molar-refractivity contribution in [1.82, 2.24) is 5.32 Å². The van der Waals surface area contributed by atoms with Crippen LogP contribution < -0.4 is 5.32 Å². The highest BCUT2D eigenvalue weighted by atomic mass is 16.6. The molecule has 14 heavy (non-hydrogen) atoms. The Hall–Kier alpha value is -1.52. The minimum absolute atomic E-state index is 0.236. The number of carbonyl (C=O) groups excluding carboxylic acids is 2. The average molecular weight is 201 g/mol. The monoisotopic (exact) mass is 201 g/mol. The molecule has 0 aliphatic carbocycles. The fourth-order valence-electron chi connectivity index (χ4n) is 0.777. The van der Waals surface area contributed by atoms with Gasteiger partial charge in [0.05, 0.1) is 13.7 Å². The fourth-order valence-corrected chi connectivity index (χ4v) is 0.777. The normalized spacial score (nSPS) is 13.6. The van der Waals surface area contributed by atoms with Crippen LogP contribution >= 0.6 is 0 Å². The molecule has 80 valence electrons. The lowest BCUT2D eigenvalue weighted by Crippen LogP contribution is -2.51. The van der Waals surface area contributed by atoms with Crippen LogP contribution in [0.4, 0.5) is 4.79 Å². The lowest BCUT2D eigenvalue weighted by molar-refractivity contribution is -0.145. The summed E-state index contributed by atoms with van der Waals surface area (Å²) in [5.41, 5.74) is -1.25. The van der Waals surface area contributed by atoms with Crippen LogP contribution in [0.5, 0.6) is 0 Å². The maximum atomic E-state index is 11.2. The van der Waals surface area contributed by atoms with Gasteiger partial charge in [0.25, 0.3) is 0 Å². The molecule has 0 aromatic heterocycles. The third-order valence-corrected chi connectivity index (χ3v) is 1.65. The molecule has 0 rings (SSSR count). The third kappa shape index (κ3) is 3.08. The van der Waals surface area contributed by atoms with Gasteiger partial charge in [0, 0.05) is 0 Å². The van der Waals surface area contributed by atoms with Gasteiger partial charge in [-0.1, -0.05) is 6.08 Å². The molecule has 0 aromatic carbocycles. The number of nitrogens with one attached hydrogen (secondary N) is 1. The zero-order valence-electron chi connectivity index (χ0n) is 8.62. The molecule has 5 heteroatoms. The van der Waals surface area contributed by atoms with E-state index < -0.39 is 17.6 Å². The van der Waals surface area contributed by atoms with Crippen molar-refractivity contribution in [2.45, 2.75) is 19.4 Å². The highest BCUT2D eigenvalue weighted by Crippen LogP contribution is 2.07. The number of esters is 1. The Morgan fingerprint density at radius 3 is 2.50 bits per heavy atom. The first kappa shape index (κ1) is 12.5. The van der Waals surface area contributed by atoms with Gasteiger partial charge in [-0.15, -0.1) is 6.58 Å². The molecule has 0 saturated heterocycles. The van der Waals surface area contributed by atoms with E-state index in [2.05, 4.69) is 21.4 Å². The molecule has 0 heterocycles. The summed E-state index contributed by atoms with van der Waals surface area (Å²) in [6, 6.07) is 0. The summed E-state index contributed by atoms with van der Waals surface area (Å²) in [4.78, 5) is 22.3. The van der Waals surface area contributed by atoms with Gasteiger partial charge in [-0.2, -0.15) is 0 Å². The summed E-state index contributed by atoms with van der Waals surface area (Å²) < 4.78 is 9.13. The lowest BCUT2D eigenvalue weighted by atomic mass is 10.0. The van der Waals surface area contributed by atoms with E-state index in [0.29, 0.717) is 0 Å². The first-order valence-electron chi connectivity index (χ1n) is 4.17. The van der Waals surface area contributed by atoms with Crippen LogP contribution in [0.25, 0.3) is 0 Å². The SMILES string of the molecule is C=CC(C)(NC(=O)OCC)C(=O)OC. The second kappa shape index (κ2) is 5.26. The standard InChI is InChI=1S/C9H15NO4/c1-5-9(3,7(11)13-4)10-8(12)14-6-2/h5H,1,6H2,2-4H3,(H,10,12). The van der Waals surface area contributed by atoms with Gasteiger partial charge in [0.1, 0.15) is 0 Å². The van der Waals surface area contributed by atoms with Crippen molar-refractivity contribution in [1.29, 1.82) is 0 Å². The first-order chi connectivity index (χ1) is 6.50. The van der Waals surface area contributed by atoms with Gasteiger partial charge in [-0.25, -0.2) is 9.59 Å². The van der Waals surface area contributed by atoms with Crippen LogP contribution in [0.15, 0.2) is 12.7 Å². The summed E-state index contributed by atoms with van der Waals surface area (Å²) in [7, 11) is 1.23. The van der Waals surface area contributed by atoms with E-state index in [-0.39, 0.29) is 6.61 Å². The van der Waals surface area contributed by atoms with Gasteiger partial charge in [0.2, 0.25) is 0 Å². The van der Waals surface area contributed by atoms with Gasteiger partial charge < -0.3 is 14.8 Å². The Balaban J connectivity index is 4.47. The molecule has 1 N–H and O–H groups in total. The molecular formula is C9H15NO4. The number of ether oxygens (including phenoxy) is 2. The molecule has 1 amide bonds. The first-order valence-corrected chi connectivity index (χ1v) is 4.17. The van der Waals surface area contributed by atoms with Gasteiger partial charge in [-0.3, -0.25) is 0 Å². The fraction of sp³-hybridized carbons (Fsp3) is 0.556. The summed E-state index contributed by atoms with van der Waals surface area (Å²) in [5, 5.41) is 2.34. The number of rotatable bonds is 4. The molecule has 0 fully saturated rings. The van der Waals surface area contributed by atoms with Crippen LogP contribution in [0, 0.1) is 0 Å². The topological polar surface area (TPSA) is 64.6 Å². The Morgan fingerprint density at radius 1 is 1.57 bits per heavy atom. The Bertz CT molecular complexity index is 239. The highest BCUT2D eigenvalue weighted by Gasteiger charge is 2.33. The van der Waals surface area contributed by atoms with Crippen LogP contribution in [0.2, 0.25) is 0 Å². The number of methoxy groups -OCH3 is 1. The van der Waals surface area contributed by atoms with Crippen molar-refractivity contribution in [3.63, 3.8) is 0 Å². The molecule has 1 unspecified atom stereocenters. The molecule has 0 aromatic rings. The molecule has 0 saturated carbocycles. The lowest BCUT2D eigenvalue weighted by Gasteiger charge is -2.23. The maximum absolute atomic E-state index is 11.2. The van der Waals surface area contributed by atoms with Crippen molar-refractivity contribution in [2.24, 2.45) is 0 Å². The minimum atomic E-state index is -1.25. The second-order valence-corrected chi connectivity index (χ2v) is 2.74. The molecule has 0 bridgehead atoms. The van der Waals surface area contributed by atoms with Gasteiger partial charge in [-0.05, 0) is 13.8 Å². The largest absolute Gasteiger partial charge is 0.467 e. The van der Waals surface area contributed by atoms with Crippen molar-refractivity contribution >= 4 is 12.1 Å². The second-order valence-electron chi connectivity index (χ2n) is 2.74. The Kier molecular flexibility index (Phi) is 4.69. The van der Waals surface area contributed by atoms with E-state index in [1.807, 2.05) is 0 Å². The van der Waals surface area contributed by atoms with Crippen molar-refractivity contribution in [2.75, 3.05) is 13.7 Å². The Labute approximate surface area is 83.1 Å². The third-order valence-electron chi connectivity index (χ3n) is 1.65. The minimum Gasteiger partial charge on any atom is -0.467 e. The molecular weight excluding hydrogens is 186 g/mol. The molecule has 1 atom stereocenters. The van der Waals surface area contributed by atoms with E-state index in [9.17, 15) is 9.59 Å². The van der Waals surface area contributed by atoms with E-state index in [1.165, 1.54) is 20.1 Å². The van der Waals surface area contributed by atoms with Crippen LogP contribution in [0.3, 0.4) is 0 Å². The van der Waals surface area contributed by atoms with Crippen molar-refractivity contribution < 1.29 is 19.1 Å². The average Bonchev–Trinajstić information content (AvgIpc) is 2.16. The maximum Gasteiger partial charge on any atom is 0.408 e. The molecule has 0 radical (unpaired) electrons. The predicted molar refractivity (Wildman–Crippen MR) is 50.8 cm³/mol. The van der Waals surface area contributed by atoms with Crippen LogP contribution in [0.1, 0.15) is 13.8 Å². The Morgan fingerprint density at radius 2 is 2.14 bits per heavy atom. The predicted octanol–water partition coefficient (Wildman–Crippen LogP) is 0.850. The number of hydrogen-bond acceptors (Lipinski definition) is 4. The molecule has 0 spiro atoms. The zero-order chi connectivity index (χ0) is 11.2. The molecule has 0 aliphatic rings. The summed E-state index contributed by atoms with van der Waals surface area (Å²) in [5.74, 6) is -0.597. The molecule has 0 aliphatic heterocycles. The van der Waals surface area contributed by atoms with E-state index in [0.717, 1.165) is 0 Å². The number of amides is 1. The number of carbonyl (C=O) groups is 2. The van der Waals surface area contributed by atoms with Crippen LogP contribution in [-0.2, 0) is 14.3 Å². The summed E-state index contributed by atoms with van der Waals surface area (Å²) in [6.07, 6.45) is 0.607. The van der Waals surface area contributed by atoms with Gasteiger partial charge in [0.15, 0.2) is 5.54 Å². The van der Waals surface area contributed by atoms with Crippen LogP contribution in [-0.4, -0.2) is 31.3 Å². The summed E-state index contributed by atoms with van der Waals surface area (Å²) in [6.45, 7) is 6.82. The zero-order valence-corrected chi connectivity index (χ0v) is 8.62. The number of alkyl carbamates (subject to hydrolysis) is 1. The van der Waals surface area contributed by atoms with E-state index in [1.54, 1.807) is 6.92 Å². The summed E-state index contributed by atoms with van der Waals surface area (Å²) >= 11 is 0. The molecule has 5 nitrogen and oxygen atoms in total. The smallest absolute Gasteiger partial charge is 0.408 e. The van der Waals surface area contributed by atoms with Crippen molar-refractivity contribution in [3.8, 4) is 0 Å². The van der Waals surface area contributed by atoms with E-state index in [4.69, 9.17) is 0 Å². The highest BCUT2D eigenvalue weighted by molar-refractivity contribution is 5.87. The van der Waals surface area contributed by atoms with Gasteiger partial charge >= 0.3 is 12.1 Å². The van der Waals surface area contributed by atoms with Crippen molar-refractivity contribution in [3.05, 3.63) is 12.7 Å². The van der Waals surface area contributed by atoms with E-state index >= 15 is 0 Å².